The van der Waals surface area contributed by atoms with Crippen molar-refractivity contribution >= 4 is 28.3 Å². The van der Waals surface area contributed by atoms with Gasteiger partial charge in [0.15, 0.2) is 11.2 Å². The highest BCUT2D eigenvalue weighted by Crippen LogP contribution is 2.30. The van der Waals surface area contributed by atoms with Crippen LogP contribution in [0.2, 0.25) is 5.02 Å². The third-order valence-corrected chi connectivity index (χ3v) is 4.70. The Kier molecular flexibility index (Phi) is 4.41. The van der Waals surface area contributed by atoms with Gasteiger partial charge in [-0.25, -0.2) is 4.52 Å². The van der Waals surface area contributed by atoms with Gasteiger partial charge < -0.3 is 9.30 Å². The van der Waals surface area contributed by atoms with Crippen molar-refractivity contribution in [2.24, 2.45) is 0 Å². The molecule has 8 heteroatoms. The van der Waals surface area contributed by atoms with Gasteiger partial charge in [-0.15, -0.1) is 10.2 Å². The van der Waals surface area contributed by atoms with Crippen molar-refractivity contribution in [1.82, 2.24) is 24.4 Å². The number of hydrogen-bond acceptors (Lipinski definition) is 5. The molecule has 4 rings (SSSR count). The van der Waals surface area contributed by atoms with E-state index in [1.165, 1.54) is 0 Å². The fourth-order valence-corrected chi connectivity index (χ4v) is 3.29. The molecule has 0 saturated carbocycles. The molecule has 0 radical (unpaired) electrons. The van der Waals surface area contributed by atoms with E-state index in [1.54, 1.807) is 22.4 Å². The maximum atomic E-state index is 12.7. The highest BCUT2D eigenvalue weighted by Gasteiger charge is 2.19. The van der Waals surface area contributed by atoms with E-state index in [0.717, 1.165) is 16.8 Å². The molecule has 0 amide bonds. The quantitative estimate of drug-likeness (QED) is 0.539. The molecule has 0 atom stereocenters. The zero-order valence-electron chi connectivity index (χ0n) is 15.2. The molecular weight excluding hydrogens is 366 g/mol. The number of rotatable bonds is 4. The highest BCUT2D eigenvalue weighted by atomic mass is 35.5. The highest BCUT2D eigenvalue weighted by molar-refractivity contribution is 6.30. The number of ether oxygens (including phenoxy) is 1. The van der Waals surface area contributed by atoms with Crippen LogP contribution in [-0.2, 0) is 11.3 Å². The zero-order chi connectivity index (χ0) is 19.1. The molecular formula is C19H18ClN5O2. The first-order valence-corrected chi connectivity index (χ1v) is 8.93. The lowest BCUT2D eigenvalue weighted by Gasteiger charge is -2.10. The summed E-state index contributed by atoms with van der Waals surface area (Å²) >= 11 is 6.02. The van der Waals surface area contributed by atoms with Crippen LogP contribution < -0.4 is 5.56 Å². The van der Waals surface area contributed by atoms with E-state index < -0.39 is 0 Å². The van der Waals surface area contributed by atoms with Crippen molar-refractivity contribution in [1.29, 1.82) is 0 Å². The van der Waals surface area contributed by atoms with Crippen LogP contribution in [-0.4, -0.2) is 31.5 Å². The monoisotopic (exact) mass is 383 g/mol. The lowest BCUT2D eigenvalue weighted by molar-refractivity contribution is 0.181. The van der Waals surface area contributed by atoms with Gasteiger partial charge >= 0.3 is 0 Å². The number of methoxy groups -OCH3 is 1. The molecule has 3 heterocycles. The van der Waals surface area contributed by atoms with Gasteiger partial charge in [-0.05, 0) is 37.6 Å². The van der Waals surface area contributed by atoms with Gasteiger partial charge in [0, 0.05) is 24.4 Å². The summed E-state index contributed by atoms with van der Waals surface area (Å²) in [4.78, 5) is 12.7. The standard InChI is InChI=1S/C19H18ClN5O2/c1-11(2)24-9-8-15-17(19(24)26)21-22-18-16(12-4-6-13(20)7-5-12)14(10-27-3)23-25(15)18/h4-9,11H,10H2,1-3H3. The molecule has 0 spiro atoms. The van der Waals surface area contributed by atoms with E-state index in [9.17, 15) is 4.79 Å². The second kappa shape index (κ2) is 6.75. The van der Waals surface area contributed by atoms with Crippen LogP contribution in [0.3, 0.4) is 0 Å². The van der Waals surface area contributed by atoms with Crippen LogP contribution in [0, 0.1) is 0 Å². The van der Waals surface area contributed by atoms with Crippen LogP contribution >= 0.6 is 11.6 Å². The largest absolute Gasteiger partial charge is 0.378 e. The van der Waals surface area contributed by atoms with Gasteiger partial charge in [0.05, 0.1) is 17.9 Å². The number of fused-ring (bicyclic) bond motifs is 3. The minimum absolute atomic E-state index is 0.0331. The van der Waals surface area contributed by atoms with Gasteiger partial charge in [0.1, 0.15) is 5.52 Å². The van der Waals surface area contributed by atoms with E-state index >= 15 is 0 Å². The molecule has 0 aliphatic carbocycles. The molecule has 27 heavy (non-hydrogen) atoms. The average Bonchev–Trinajstić information content (AvgIpc) is 3.01. The van der Waals surface area contributed by atoms with E-state index in [1.807, 2.05) is 44.2 Å². The summed E-state index contributed by atoms with van der Waals surface area (Å²) in [5, 5.41) is 13.8. The van der Waals surface area contributed by atoms with Crippen molar-refractivity contribution in [2.75, 3.05) is 7.11 Å². The molecule has 1 aromatic carbocycles. The van der Waals surface area contributed by atoms with Crippen molar-refractivity contribution in [3.8, 4) is 11.1 Å². The van der Waals surface area contributed by atoms with Crippen molar-refractivity contribution in [3.05, 3.63) is 57.6 Å². The Balaban J connectivity index is 2.05. The smallest absolute Gasteiger partial charge is 0.280 e. The summed E-state index contributed by atoms with van der Waals surface area (Å²) in [5.41, 5.74) is 3.72. The fraction of sp³-hybridized carbons (Fsp3) is 0.263. The first kappa shape index (κ1) is 17.6. The zero-order valence-corrected chi connectivity index (χ0v) is 15.9. The number of aromatic nitrogens is 5. The fourth-order valence-electron chi connectivity index (χ4n) is 3.16. The summed E-state index contributed by atoms with van der Waals surface area (Å²) in [6.45, 7) is 4.21. The lowest BCUT2D eigenvalue weighted by atomic mass is 10.1. The van der Waals surface area contributed by atoms with Crippen molar-refractivity contribution < 1.29 is 4.74 Å². The molecule has 0 N–H and O–H groups in total. The van der Waals surface area contributed by atoms with E-state index in [0.29, 0.717) is 22.8 Å². The Morgan fingerprint density at radius 2 is 1.89 bits per heavy atom. The molecule has 4 aromatic rings. The Morgan fingerprint density at radius 1 is 1.15 bits per heavy atom. The Bertz CT molecular complexity index is 1190. The molecule has 7 nitrogen and oxygen atoms in total. The average molecular weight is 384 g/mol. The summed E-state index contributed by atoms with van der Waals surface area (Å²) in [5.74, 6) is 0. The van der Waals surface area contributed by atoms with Gasteiger partial charge in [-0.3, -0.25) is 4.79 Å². The maximum Gasteiger partial charge on any atom is 0.280 e. The first-order chi connectivity index (χ1) is 13.0. The summed E-state index contributed by atoms with van der Waals surface area (Å²) in [6.07, 6.45) is 1.76. The van der Waals surface area contributed by atoms with Crippen LogP contribution in [0.5, 0.6) is 0 Å². The van der Waals surface area contributed by atoms with Crippen LogP contribution in [0.25, 0.3) is 27.8 Å². The predicted octanol–water partition coefficient (Wildman–Crippen LogP) is 3.49. The third-order valence-electron chi connectivity index (χ3n) is 4.45. The number of pyridine rings is 1. The van der Waals surface area contributed by atoms with Gasteiger partial charge in [0.2, 0.25) is 0 Å². The number of hydrogen-bond donors (Lipinski definition) is 0. The van der Waals surface area contributed by atoms with Gasteiger partial charge in [-0.2, -0.15) is 5.10 Å². The minimum Gasteiger partial charge on any atom is -0.378 e. The molecule has 0 unspecified atom stereocenters. The molecule has 138 valence electrons. The Labute approximate surface area is 160 Å². The van der Waals surface area contributed by atoms with Gasteiger partial charge in [0.25, 0.3) is 5.56 Å². The van der Waals surface area contributed by atoms with E-state index in [2.05, 4.69) is 15.3 Å². The van der Waals surface area contributed by atoms with E-state index in [4.69, 9.17) is 16.3 Å². The summed E-state index contributed by atoms with van der Waals surface area (Å²) in [7, 11) is 1.61. The molecule has 0 saturated heterocycles. The summed E-state index contributed by atoms with van der Waals surface area (Å²) < 4.78 is 8.60. The van der Waals surface area contributed by atoms with Crippen LogP contribution in [0.4, 0.5) is 0 Å². The minimum atomic E-state index is -0.186. The van der Waals surface area contributed by atoms with Crippen molar-refractivity contribution in [2.45, 2.75) is 26.5 Å². The second-order valence-electron chi connectivity index (χ2n) is 6.55. The SMILES string of the molecule is COCc1nn2c(nnc3c(=O)n(C(C)C)ccc32)c1-c1ccc(Cl)cc1. The molecule has 0 aliphatic rings. The Morgan fingerprint density at radius 3 is 2.56 bits per heavy atom. The molecule has 3 aromatic heterocycles. The first-order valence-electron chi connectivity index (χ1n) is 8.55. The Hall–Kier alpha value is -2.77. The second-order valence-corrected chi connectivity index (χ2v) is 6.99. The normalized spacial score (nSPS) is 11.7. The lowest BCUT2D eigenvalue weighted by Crippen LogP contribution is -2.23. The number of halogens is 1. The number of benzene rings is 1. The molecule has 0 aliphatic heterocycles. The molecule has 0 fully saturated rings. The third kappa shape index (κ3) is 2.89. The maximum absolute atomic E-state index is 12.7. The number of nitrogens with zero attached hydrogens (tertiary/aromatic N) is 5. The van der Waals surface area contributed by atoms with Gasteiger partial charge in [-0.1, -0.05) is 23.7 Å². The summed E-state index contributed by atoms with van der Waals surface area (Å²) in [6, 6.07) is 9.31. The van der Waals surface area contributed by atoms with Crippen molar-refractivity contribution in [3.63, 3.8) is 0 Å². The topological polar surface area (TPSA) is 74.3 Å². The molecule has 0 bridgehead atoms. The van der Waals surface area contributed by atoms with Crippen LogP contribution in [0.1, 0.15) is 25.6 Å². The predicted molar refractivity (Wildman–Crippen MR) is 104 cm³/mol. The van der Waals surface area contributed by atoms with Crippen LogP contribution in [0.15, 0.2) is 41.3 Å². The van der Waals surface area contributed by atoms with E-state index in [-0.39, 0.29) is 17.1 Å².